The van der Waals surface area contributed by atoms with Gasteiger partial charge in [-0.15, -0.1) is 0 Å². The van der Waals surface area contributed by atoms with Crippen LogP contribution in [0.1, 0.15) is 226 Å². The number of esters is 2. The van der Waals surface area contributed by atoms with Crippen molar-refractivity contribution in [2.45, 2.75) is 232 Å². The van der Waals surface area contributed by atoms with Gasteiger partial charge in [0.1, 0.15) is 13.2 Å². The van der Waals surface area contributed by atoms with Gasteiger partial charge in [0.25, 0.3) is 0 Å². The van der Waals surface area contributed by atoms with Gasteiger partial charge in [-0.1, -0.05) is 194 Å². The molecule has 0 aromatic carbocycles. The van der Waals surface area contributed by atoms with Crippen LogP contribution in [0.5, 0.6) is 0 Å². The van der Waals surface area contributed by atoms with Crippen LogP contribution in [-0.2, 0) is 37.2 Å². The Kier molecular flexibility index (Phi) is 39.9. The Labute approximate surface area is 327 Å². The van der Waals surface area contributed by atoms with Gasteiger partial charge in [0.05, 0.1) is 19.8 Å². The lowest BCUT2D eigenvalue weighted by Crippen LogP contribution is -2.52. The fourth-order valence-electron chi connectivity index (χ4n) is 6.52. The van der Waals surface area contributed by atoms with E-state index in [1.165, 1.54) is 154 Å². The molecule has 10 heteroatoms. The maximum atomic E-state index is 13.0. The summed E-state index contributed by atoms with van der Waals surface area (Å²) in [5.74, 6) is -0.707. The van der Waals surface area contributed by atoms with Gasteiger partial charge in [-0.05, 0) is 19.8 Å². The van der Waals surface area contributed by atoms with Crippen LogP contribution in [0.15, 0.2) is 0 Å². The molecule has 0 rings (SSSR count). The largest absolute Gasteiger partial charge is 0.475 e. The van der Waals surface area contributed by atoms with E-state index in [0.717, 1.165) is 38.5 Å². The second kappa shape index (κ2) is 40.7. The zero-order valence-corrected chi connectivity index (χ0v) is 36.1. The molecule has 3 N–H and O–H groups in total. The first-order chi connectivity index (χ1) is 25.9. The highest BCUT2D eigenvalue weighted by atomic mass is 31.2. The minimum absolute atomic E-state index is 0.106. The van der Waals surface area contributed by atoms with Crippen molar-refractivity contribution in [1.82, 2.24) is 0 Å². The number of carbonyl (C=O) groups is 2. The van der Waals surface area contributed by atoms with E-state index in [4.69, 9.17) is 23.0 Å². The van der Waals surface area contributed by atoms with Gasteiger partial charge < -0.3 is 15.2 Å². The molecule has 0 aliphatic carbocycles. The number of hydrogen-bond acceptors (Lipinski definition) is 8. The van der Waals surface area contributed by atoms with Gasteiger partial charge in [0.2, 0.25) is 0 Å². The molecule has 0 aromatic heterocycles. The Morgan fingerprint density at radius 1 is 0.472 bits per heavy atom. The molecule has 0 aromatic rings. The molecule has 0 aliphatic heterocycles. The fourth-order valence-corrected chi connectivity index (χ4v) is 7.76. The minimum Gasteiger partial charge on any atom is -0.462 e. The molecule has 0 radical (unpaired) electrons. The van der Waals surface area contributed by atoms with Gasteiger partial charge in [0, 0.05) is 12.8 Å². The summed E-state index contributed by atoms with van der Waals surface area (Å²) in [4.78, 5) is 25.3. The van der Waals surface area contributed by atoms with Gasteiger partial charge in [0.15, 0.2) is 6.10 Å². The second-order valence-corrected chi connectivity index (χ2v) is 16.7. The van der Waals surface area contributed by atoms with Crippen LogP contribution in [0, 0.1) is 0 Å². The predicted molar refractivity (Wildman–Crippen MR) is 219 cm³/mol. The summed E-state index contributed by atoms with van der Waals surface area (Å²) in [5, 5.41) is 0. The average Bonchev–Trinajstić information content (AvgIpc) is 3.15. The highest BCUT2D eigenvalue weighted by Crippen LogP contribution is 2.49. The second-order valence-electron chi connectivity index (χ2n) is 15.0. The Morgan fingerprint density at radius 3 is 1.19 bits per heavy atom. The molecule has 0 amide bonds. The van der Waals surface area contributed by atoms with E-state index in [-0.39, 0.29) is 44.8 Å². The van der Waals surface area contributed by atoms with Crippen LogP contribution in [-0.4, -0.2) is 51.0 Å². The number of phosphoric ester groups is 1. The van der Waals surface area contributed by atoms with Crippen LogP contribution in [0.3, 0.4) is 0 Å². The van der Waals surface area contributed by atoms with Crippen LogP contribution >= 0.6 is 7.82 Å². The molecule has 0 saturated heterocycles. The molecular formula is C43H87NO8P+. The van der Waals surface area contributed by atoms with Crippen molar-refractivity contribution in [2.24, 2.45) is 0 Å². The zero-order chi connectivity index (χ0) is 38.9. The van der Waals surface area contributed by atoms with Gasteiger partial charge >= 0.3 is 19.8 Å². The first kappa shape index (κ1) is 52.0. The zero-order valence-electron chi connectivity index (χ0n) is 35.2. The summed E-state index contributed by atoms with van der Waals surface area (Å²) < 4.78 is 40.1. The van der Waals surface area contributed by atoms with Gasteiger partial charge in [-0.3, -0.25) is 23.2 Å². The van der Waals surface area contributed by atoms with Gasteiger partial charge in [-0.2, -0.15) is 0 Å². The summed E-state index contributed by atoms with van der Waals surface area (Å²) >= 11 is 0. The van der Waals surface area contributed by atoms with E-state index in [9.17, 15) is 14.2 Å². The van der Waals surface area contributed by atoms with Crippen LogP contribution < -0.4 is 5.73 Å². The van der Waals surface area contributed by atoms with Crippen LogP contribution in [0.2, 0.25) is 0 Å². The normalized spacial score (nSPS) is 13.2. The highest BCUT2D eigenvalue weighted by Gasteiger charge is 2.29. The lowest BCUT2D eigenvalue weighted by atomic mass is 10.0. The number of rotatable bonds is 43. The lowest BCUT2D eigenvalue weighted by Gasteiger charge is -2.21. The van der Waals surface area contributed by atoms with E-state index in [2.05, 4.69) is 19.6 Å². The number of unbranched alkanes of at least 4 members (excludes halogenated alkanes) is 28. The van der Waals surface area contributed by atoms with Crippen molar-refractivity contribution in [3.63, 3.8) is 0 Å². The van der Waals surface area contributed by atoms with Crippen LogP contribution in [0.25, 0.3) is 0 Å². The maximum absolute atomic E-state index is 13.0. The van der Waals surface area contributed by atoms with E-state index in [0.29, 0.717) is 13.0 Å². The smallest absolute Gasteiger partial charge is 0.462 e. The molecule has 0 aliphatic rings. The number of quaternary nitrogens is 1. The molecule has 1 unspecified atom stereocenters. The van der Waals surface area contributed by atoms with E-state index >= 15 is 0 Å². The number of carbonyl (C=O) groups excluding carboxylic acids is 2. The molecule has 0 heterocycles. The first-order valence-electron chi connectivity index (χ1n) is 22.6. The molecule has 0 saturated carbocycles. The molecule has 9 nitrogen and oxygen atoms in total. The predicted octanol–water partition coefficient (Wildman–Crippen LogP) is 12.4. The summed E-state index contributed by atoms with van der Waals surface area (Å²) in [5.41, 5.74) is 3.70. The summed E-state index contributed by atoms with van der Waals surface area (Å²) in [6.07, 6.45) is 37.5. The van der Waals surface area contributed by atoms with Crippen molar-refractivity contribution >= 4 is 19.8 Å². The number of phosphoric acid groups is 1. The molecule has 2 atom stereocenters. The molecule has 53 heavy (non-hydrogen) atoms. The first-order valence-corrected chi connectivity index (χ1v) is 24.0. The topological polar surface area (TPSA) is 125 Å². The van der Waals surface area contributed by atoms with Crippen molar-refractivity contribution in [1.29, 1.82) is 0 Å². The number of hydrogen-bond donors (Lipinski definition) is 1. The van der Waals surface area contributed by atoms with Crippen molar-refractivity contribution < 1.29 is 42.9 Å². The van der Waals surface area contributed by atoms with E-state index < -0.39 is 13.9 Å². The molecule has 0 bridgehead atoms. The molecule has 0 spiro atoms. The van der Waals surface area contributed by atoms with E-state index in [1.54, 1.807) is 6.92 Å². The fraction of sp³-hybridized carbons (Fsp3) is 0.953. The van der Waals surface area contributed by atoms with E-state index in [1.807, 2.05) is 0 Å². The average molecular weight is 777 g/mol. The lowest BCUT2D eigenvalue weighted by molar-refractivity contribution is -0.371. The minimum atomic E-state index is -3.85. The van der Waals surface area contributed by atoms with Crippen molar-refractivity contribution in [3.8, 4) is 0 Å². The third-order valence-corrected chi connectivity index (χ3v) is 11.3. The summed E-state index contributed by atoms with van der Waals surface area (Å²) in [6.45, 7) is 6.44. The molecule has 0 fully saturated rings. The Bertz CT molecular complexity index is 845. The molecular weight excluding hydrogens is 689 g/mol. The highest BCUT2D eigenvalue weighted by molar-refractivity contribution is 7.48. The van der Waals surface area contributed by atoms with Crippen molar-refractivity contribution in [2.75, 3.05) is 33.0 Å². The third-order valence-electron chi connectivity index (χ3n) is 9.80. The van der Waals surface area contributed by atoms with Crippen LogP contribution in [0.4, 0.5) is 0 Å². The SMILES string of the molecule is CCCCCCCCCCCCCCCCCC(=O)OC[C@@H](COP(=O)(OCC)OCC[NH3+])OC(=O)CCCCCCCCCCCCCCCCC. The van der Waals surface area contributed by atoms with Crippen molar-refractivity contribution in [3.05, 3.63) is 0 Å². The summed E-state index contributed by atoms with van der Waals surface area (Å²) in [6, 6.07) is 0. The number of ether oxygens (including phenoxy) is 2. The Hall–Kier alpha value is -0.990. The Balaban J connectivity index is 4.28. The molecule has 316 valence electrons. The maximum Gasteiger partial charge on any atom is 0.475 e. The van der Waals surface area contributed by atoms with Gasteiger partial charge in [-0.25, -0.2) is 4.57 Å². The summed E-state index contributed by atoms with van der Waals surface area (Å²) in [7, 11) is -3.85. The Morgan fingerprint density at radius 2 is 0.830 bits per heavy atom. The third kappa shape index (κ3) is 37.7. The standard InChI is InChI=1S/C43H86NO8P/c1-4-7-9-11-13-15-17-19-21-23-25-27-29-31-33-35-42(45)48-39-41(40-51-53(47,49-6-3)50-38-37-44)52-43(46)36-34-32-30-28-26-24-22-20-18-16-14-12-10-8-5-2/h41H,4-40,44H2,1-3H3/p+1/t41-,53?/m0/s1. The monoisotopic (exact) mass is 777 g/mol. The quantitative estimate of drug-likeness (QED) is 0.0368.